The van der Waals surface area contributed by atoms with Gasteiger partial charge >= 0.3 is 12.4 Å². The minimum atomic E-state index is -4.89. The van der Waals surface area contributed by atoms with E-state index in [1.807, 2.05) is 0 Å². The zero-order valence-electron chi connectivity index (χ0n) is 11.0. The van der Waals surface area contributed by atoms with Crippen LogP contribution in [0, 0.1) is 0 Å². The summed E-state index contributed by atoms with van der Waals surface area (Å²) >= 11 is 6.22. The maximum absolute atomic E-state index is 12.9. The Hall–Kier alpha value is -1.22. The third-order valence-corrected chi connectivity index (χ3v) is 4.31. The molecule has 1 nitrogen and oxygen atoms in total. The van der Waals surface area contributed by atoms with Crippen LogP contribution in [-0.4, -0.2) is 0 Å². The third kappa shape index (κ3) is 4.00. The van der Waals surface area contributed by atoms with Crippen molar-refractivity contribution in [3.8, 4) is 11.1 Å². The minimum absolute atomic E-state index is 0.0882. The van der Waals surface area contributed by atoms with Gasteiger partial charge in [-0.15, -0.1) is 0 Å². The molecule has 0 aromatic heterocycles. The molecule has 0 saturated heterocycles. The molecule has 0 aliphatic rings. The van der Waals surface area contributed by atoms with Crippen LogP contribution >= 0.6 is 31.9 Å². The van der Waals surface area contributed by atoms with Gasteiger partial charge in [-0.05, 0) is 73.3 Å². The minimum Gasteiger partial charge on any atom is -0.397 e. The molecule has 0 atom stereocenters. The third-order valence-electron chi connectivity index (χ3n) is 3.00. The van der Waals surface area contributed by atoms with Crippen LogP contribution in [0.1, 0.15) is 11.1 Å². The second-order valence-corrected chi connectivity index (χ2v) is 6.36. The molecule has 2 aromatic rings. The van der Waals surface area contributed by atoms with Gasteiger partial charge in [0.05, 0.1) is 16.8 Å². The summed E-state index contributed by atoms with van der Waals surface area (Å²) in [6.07, 6.45) is -9.78. The number of benzene rings is 2. The Balaban J connectivity index is 2.72. The van der Waals surface area contributed by atoms with Crippen LogP contribution in [0.15, 0.2) is 39.3 Å². The van der Waals surface area contributed by atoms with Crippen LogP contribution in [0.4, 0.5) is 32.0 Å². The molecule has 0 bridgehead atoms. The Morgan fingerprint density at radius 1 is 0.652 bits per heavy atom. The van der Waals surface area contributed by atoms with E-state index in [4.69, 9.17) is 5.73 Å². The summed E-state index contributed by atoms with van der Waals surface area (Å²) < 4.78 is 77.9. The topological polar surface area (TPSA) is 26.0 Å². The van der Waals surface area contributed by atoms with Gasteiger partial charge in [-0.3, -0.25) is 0 Å². The Morgan fingerprint density at radius 3 is 1.35 bits per heavy atom. The SMILES string of the molecule is Nc1c(Br)cc(-c2cc(C(F)(F)F)cc(C(F)(F)F)c2)cc1Br. The van der Waals surface area contributed by atoms with Crippen molar-refractivity contribution < 1.29 is 26.3 Å². The number of hydrogen-bond donors (Lipinski definition) is 1. The summed E-state index contributed by atoms with van der Waals surface area (Å²) in [4.78, 5) is 0. The molecule has 0 unspecified atom stereocenters. The smallest absolute Gasteiger partial charge is 0.397 e. The Morgan fingerprint density at radius 2 is 1.00 bits per heavy atom. The van der Waals surface area contributed by atoms with Gasteiger partial charge in [0.25, 0.3) is 0 Å². The van der Waals surface area contributed by atoms with Gasteiger partial charge in [-0.2, -0.15) is 26.3 Å². The highest BCUT2D eigenvalue weighted by atomic mass is 79.9. The summed E-state index contributed by atoms with van der Waals surface area (Å²) in [5.41, 5.74) is 3.17. The van der Waals surface area contributed by atoms with E-state index in [0.29, 0.717) is 21.1 Å². The second-order valence-electron chi connectivity index (χ2n) is 4.65. The molecule has 124 valence electrons. The molecule has 0 saturated carbocycles. The van der Waals surface area contributed by atoms with E-state index in [0.717, 1.165) is 0 Å². The summed E-state index contributed by atoms with van der Waals surface area (Å²) in [6, 6.07) is 4.13. The van der Waals surface area contributed by atoms with Gasteiger partial charge in [-0.25, -0.2) is 0 Å². The summed E-state index contributed by atoms with van der Waals surface area (Å²) in [7, 11) is 0. The van der Waals surface area contributed by atoms with E-state index >= 15 is 0 Å². The van der Waals surface area contributed by atoms with E-state index in [2.05, 4.69) is 31.9 Å². The van der Waals surface area contributed by atoms with Crippen molar-refractivity contribution in [3.05, 3.63) is 50.4 Å². The first-order valence-corrected chi connectivity index (χ1v) is 7.52. The molecule has 0 aliphatic carbocycles. The van der Waals surface area contributed by atoms with Crippen LogP contribution in [-0.2, 0) is 12.4 Å². The van der Waals surface area contributed by atoms with Crippen LogP contribution in [0.25, 0.3) is 11.1 Å². The highest BCUT2D eigenvalue weighted by Gasteiger charge is 2.37. The quantitative estimate of drug-likeness (QED) is 0.380. The lowest BCUT2D eigenvalue weighted by molar-refractivity contribution is -0.143. The Labute approximate surface area is 143 Å². The maximum Gasteiger partial charge on any atom is 0.416 e. The molecule has 0 spiro atoms. The van der Waals surface area contributed by atoms with Crippen molar-refractivity contribution in [2.75, 3.05) is 5.73 Å². The predicted octanol–water partition coefficient (Wildman–Crippen LogP) is 6.50. The van der Waals surface area contributed by atoms with Gasteiger partial charge in [0, 0.05) is 8.95 Å². The van der Waals surface area contributed by atoms with Crippen LogP contribution in [0.2, 0.25) is 0 Å². The van der Waals surface area contributed by atoms with Gasteiger partial charge in [0.15, 0.2) is 0 Å². The summed E-state index contributed by atoms with van der Waals surface area (Å²) in [6.45, 7) is 0. The molecule has 2 N–H and O–H groups in total. The van der Waals surface area contributed by atoms with Crippen molar-refractivity contribution >= 4 is 37.5 Å². The van der Waals surface area contributed by atoms with E-state index in [1.54, 1.807) is 0 Å². The molecular formula is C14H7Br2F6N. The van der Waals surface area contributed by atoms with Crippen molar-refractivity contribution in [2.45, 2.75) is 12.4 Å². The van der Waals surface area contributed by atoms with Gasteiger partial charge in [-0.1, -0.05) is 0 Å². The van der Waals surface area contributed by atoms with Crippen LogP contribution in [0.5, 0.6) is 0 Å². The summed E-state index contributed by atoms with van der Waals surface area (Å²) in [5, 5.41) is 0. The first-order chi connectivity index (χ1) is 10.4. The largest absolute Gasteiger partial charge is 0.416 e. The first kappa shape index (κ1) is 18.1. The van der Waals surface area contributed by atoms with Crippen molar-refractivity contribution in [1.29, 1.82) is 0 Å². The van der Waals surface area contributed by atoms with E-state index < -0.39 is 23.5 Å². The van der Waals surface area contributed by atoms with Crippen molar-refractivity contribution in [3.63, 3.8) is 0 Å². The zero-order chi connectivity index (χ0) is 17.6. The normalized spacial score (nSPS) is 12.5. The lowest BCUT2D eigenvalue weighted by Crippen LogP contribution is -2.11. The summed E-state index contributed by atoms with van der Waals surface area (Å²) in [5.74, 6) is 0. The lowest BCUT2D eigenvalue weighted by atomic mass is 9.99. The fraction of sp³-hybridized carbons (Fsp3) is 0.143. The number of anilines is 1. The van der Waals surface area contributed by atoms with Gasteiger partial charge in [0.2, 0.25) is 0 Å². The highest BCUT2D eigenvalue weighted by molar-refractivity contribution is 9.11. The molecule has 2 rings (SSSR count). The molecule has 9 heteroatoms. The van der Waals surface area contributed by atoms with Gasteiger partial charge < -0.3 is 5.73 Å². The first-order valence-electron chi connectivity index (χ1n) is 5.94. The van der Waals surface area contributed by atoms with E-state index in [9.17, 15) is 26.3 Å². The molecule has 0 radical (unpaired) electrons. The molecule has 23 heavy (non-hydrogen) atoms. The average Bonchev–Trinajstić information content (AvgIpc) is 2.41. The Bertz CT molecular complexity index is 697. The standard InChI is InChI=1S/C14H7Br2F6N/c15-10-3-7(4-11(16)12(10)23)6-1-8(13(17,18)19)5-9(2-6)14(20,21)22/h1-5H,23H2. The molecule has 0 aliphatic heterocycles. The zero-order valence-corrected chi connectivity index (χ0v) is 14.2. The molecule has 0 amide bonds. The highest BCUT2D eigenvalue weighted by Crippen LogP contribution is 2.40. The van der Waals surface area contributed by atoms with E-state index in [-0.39, 0.29) is 22.9 Å². The lowest BCUT2D eigenvalue weighted by Gasteiger charge is -2.15. The predicted molar refractivity (Wildman–Crippen MR) is 81.7 cm³/mol. The average molecular weight is 463 g/mol. The monoisotopic (exact) mass is 461 g/mol. The molecule has 2 aromatic carbocycles. The number of alkyl halides is 6. The number of hydrogen-bond acceptors (Lipinski definition) is 1. The van der Waals surface area contributed by atoms with E-state index in [1.165, 1.54) is 12.1 Å². The Kier molecular flexibility index (Phi) is 4.74. The van der Waals surface area contributed by atoms with Crippen molar-refractivity contribution in [1.82, 2.24) is 0 Å². The van der Waals surface area contributed by atoms with Crippen LogP contribution in [0.3, 0.4) is 0 Å². The fourth-order valence-corrected chi connectivity index (χ4v) is 3.06. The number of halogens is 8. The number of rotatable bonds is 1. The number of nitrogens with two attached hydrogens (primary N) is 1. The maximum atomic E-state index is 12.9. The van der Waals surface area contributed by atoms with Crippen molar-refractivity contribution in [2.24, 2.45) is 0 Å². The van der Waals surface area contributed by atoms with Crippen LogP contribution < -0.4 is 5.73 Å². The second kappa shape index (κ2) is 6.01. The fourth-order valence-electron chi connectivity index (χ4n) is 1.87. The van der Waals surface area contributed by atoms with Gasteiger partial charge in [0.1, 0.15) is 0 Å². The molecular weight excluding hydrogens is 456 g/mol. The number of nitrogen functional groups attached to an aromatic ring is 1. The molecule has 0 heterocycles. The molecule has 0 fully saturated rings.